The molecule has 0 saturated heterocycles. The zero-order chi connectivity index (χ0) is 32.6. The molecule has 0 spiro atoms. The molecule has 1 aliphatic carbocycles. The van der Waals surface area contributed by atoms with Crippen LogP contribution in [-0.4, -0.2) is 116 Å². The van der Waals surface area contributed by atoms with E-state index in [0.29, 0.717) is 30.9 Å². The molecule has 0 aromatic heterocycles. The summed E-state index contributed by atoms with van der Waals surface area (Å²) in [6.07, 6.45) is 5.48. The Morgan fingerprint density at radius 3 is 2.30 bits per heavy atom. The van der Waals surface area contributed by atoms with Crippen LogP contribution in [0.3, 0.4) is 0 Å². The first-order valence-electron chi connectivity index (χ1n) is 14.4. The molecular weight excluding hydrogens is 620 g/mol. The molecule has 0 heterocycles. The number of alkyl carbamates (subject to hydrolysis) is 1. The van der Waals surface area contributed by atoms with Gasteiger partial charge in [-0.25, -0.2) is 4.79 Å². The van der Waals surface area contributed by atoms with Crippen LogP contribution in [0.4, 0.5) is 4.79 Å². The van der Waals surface area contributed by atoms with Crippen LogP contribution in [0.25, 0.3) is 0 Å². The fourth-order valence-corrected chi connectivity index (χ4v) is 5.76. The number of hydrogen-bond donors (Lipinski definition) is 7. The number of carboxylic acids is 1. The second-order valence-corrected chi connectivity index (χ2v) is 12.4. The van der Waals surface area contributed by atoms with E-state index in [9.17, 15) is 33.6 Å². The topological polar surface area (TPSA) is 244 Å². The summed E-state index contributed by atoms with van der Waals surface area (Å²) < 4.78 is 10.8. The van der Waals surface area contributed by atoms with Gasteiger partial charge in [-0.3, -0.25) is 24.0 Å². The molecule has 2 atom stereocenters. The molecule has 1 rings (SSSR count). The summed E-state index contributed by atoms with van der Waals surface area (Å²) >= 11 is 0. The zero-order valence-electron chi connectivity index (χ0n) is 24.6. The number of carboxylic acid groups (broad SMARTS) is 1. The SMILES string of the molecule is NCC(=O)NC(CCC(=O)O)C(=O)NCC(=O)NC(C=O)CNC(=O)CCSSCCNC(=O)OCCOC1CCCCC1. The van der Waals surface area contributed by atoms with E-state index in [-0.39, 0.29) is 38.0 Å². The van der Waals surface area contributed by atoms with Gasteiger partial charge in [0.05, 0.1) is 25.8 Å². The highest BCUT2D eigenvalue weighted by Crippen LogP contribution is 2.21. The predicted octanol–water partition coefficient (Wildman–Crippen LogP) is -0.942. The van der Waals surface area contributed by atoms with Crippen LogP contribution in [0.2, 0.25) is 0 Å². The lowest BCUT2D eigenvalue weighted by Crippen LogP contribution is -2.52. The van der Waals surface area contributed by atoms with Crippen LogP contribution >= 0.6 is 21.6 Å². The van der Waals surface area contributed by atoms with E-state index in [2.05, 4.69) is 26.6 Å². The summed E-state index contributed by atoms with van der Waals surface area (Å²) in [6, 6.07) is -2.25. The van der Waals surface area contributed by atoms with E-state index in [1.165, 1.54) is 40.9 Å². The molecule has 16 nitrogen and oxygen atoms in total. The van der Waals surface area contributed by atoms with E-state index in [0.717, 1.165) is 12.8 Å². The average molecular weight is 665 g/mol. The van der Waals surface area contributed by atoms with Crippen molar-refractivity contribution in [1.82, 2.24) is 26.6 Å². The highest BCUT2D eigenvalue weighted by Gasteiger charge is 2.22. The summed E-state index contributed by atoms with van der Waals surface area (Å²) in [5, 5.41) is 20.9. The molecule has 0 aromatic carbocycles. The molecule has 1 aliphatic rings. The second kappa shape index (κ2) is 24.3. The number of aldehydes is 1. The minimum atomic E-state index is -1.21. The van der Waals surface area contributed by atoms with Gasteiger partial charge in [0.15, 0.2) is 0 Å². The van der Waals surface area contributed by atoms with Gasteiger partial charge in [0.1, 0.15) is 25.0 Å². The van der Waals surface area contributed by atoms with Crippen molar-refractivity contribution in [2.75, 3.05) is 50.9 Å². The molecule has 0 bridgehead atoms. The number of aliphatic carboxylic acids is 1. The smallest absolute Gasteiger partial charge is 0.407 e. The largest absolute Gasteiger partial charge is 0.481 e. The standard InChI is InChI=1S/C26H44N6O10S2/c27-14-22(35)32-20(6-7-24(37)38)25(39)30-16-23(36)31-18(17-33)15-29-21(34)8-12-43-44-13-9-28-26(40)42-11-10-41-19-4-2-1-3-5-19/h17-20H,1-16,27H2,(H,28,40)(H,29,34)(H,30,39)(H,31,36)(H,32,35)(H,37,38). The lowest BCUT2D eigenvalue weighted by atomic mass is 9.98. The first kappa shape index (κ1) is 38.9. The second-order valence-electron chi connectivity index (χ2n) is 9.68. The fraction of sp³-hybridized carbons (Fsp3) is 0.731. The van der Waals surface area contributed by atoms with Crippen molar-refractivity contribution in [2.24, 2.45) is 5.73 Å². The molecule has 18 heteroatoms. The number of nitrogens with one attached hydrogen (secondary N) is 5. The van der Waals surface area contributed by atoms with Crippen molar-refractivity contribution in [3.63, 3.8) is 0 Å². The van der Waals surface area contributed by atoms with Crippen molar-refractivity contribution in [3.05, 3.63) is 0 Å². The first-order valence-corrected chi connectivity index (χ1v) is 16.9. The summed E-state index contributed by atoms with van der Waals surface area (Å²) in [6.45, 7) is -0.122. The zero-order valence-corrected chi connectivity index (χ0v) is 26.3. The normalized spacial score (nSPS) is 14.4. The van der Waals surface area contributed by atoms with E-state index in [1.54, 1.807) is 0 Å². The minimum absolute atomic E-state index is 0.161. The van der Waals surface area contributed by atoms with Gasteiger partial charge < -0.3 is 51.7 Å². The Bertz CT molecular complexity index is 939. The minimum Gasteiger partial charge on any atom is -0.481 e. The molecule has 0 radical (unpaired) electrons. The fourth-order valence-electron chi connectivity index (χ4n) is 3.86. The maximum atomic E-state index is 12.3. The van der Waals surface area contributed by atoms with Crippen LogP contribution in [0.1, 0.15) is 51.4 Å². The van der Waals surface area contributed by atoms with E-state index in [1.807, 2.05) is 0 Å². The summed E-state index contributed by atoms with van der Waals surface area (Å²) in [7, 11) is 2.92. The van der Waals surface area contributed by atoms with Crippen molar-refractivity contribution < 1.29 is 48.1 Å². The maximum Gasteiger partial charge on any atom is 0.407 e. The Kier molecular flexibility index (Phi) is 21.5. The van der Waals surface area contributed by atoms with Gasteiger partial charge in [-0.05, 0) is 19.3 Å². The Morgan fingerprint density at radius 1 is 0.886 bits per heavy atom. The Labute approximate surface area is 264 Å². The molecule has 44 heavy (non-hydrogen) atoms. The summed E-state index contributed by atoms with van der Waals surface area (Å²) in [4.78, 5) is 81.9. The summed E-state index contributed by atoms with van der Waals surface area (Å²) in [5.41, 5.74) is 5.20. The van der Waals surface area contributed by atoms with Crippen LogP contribution in [0.15, 0.2) is 0 Å². The monoisotopic (exact) mass is 664 g/mol. The van der Waals surface area contributed by atoms with E-state index < -0.39 is 61.4 Å². The number of nitrogens with two attached hydrogens (primary N) is 1. The lowest BCUT2D eigenvalue weighted by molar-refractivity contribution is -0.138. The van der Waals surface area contributed by atoms with E-state index in [4.69, 9.17) is 20.3 Å². The van der Waals surface area contributed by atoms with Crippen molar-refractivity contribution >= 4 is 63.6 Å². The van der Waals surface area contributed by atoms with Crippen LogP contribution in [0.5, 0.6) is 0 Å². The highest BCUT2D eigenvalue weighted by atomic mass is 33.1. The number of hydrogen-bond acceptors (Lipinski definition) is 12. The van der Waals surface area contributed by atoms with Gasteiger partial charge in [-0.2, -0.15) is 0 Å². The van der Waals surface area contributed by atoms with Crippen molar-refractivity contribution in [1.29, 1.82) is 0 Å². The van der Waals surface area contributed by atoms with Crippen LogP contribution < -0.4 is 32.3 Å². The Balaban J connectivity index is 2.13. The van der Waals surface area contributed by atoms with Crippen molar-refractivity contribution in [2.45, 2.75) is 69.6 Å². The third-order valence-corrected chi connectivity index (χ3v) is 8.52. The quantitative estimate of drug-likeness (QED) is 0.0397. The molecule has 1 fully saturated rings. The number of carbonyl (C=O) groups is 7. The Morgan fingerprint density at radius 2 is 1.61 bits per heavy atom. The molecule has 2 unspecified atom stereocenters. The third-order valence-electron chi connectivity index (χ3n) is 6.11. The van der Waals surface area contributed by atoms with Gasteiger partial charge >= 0.3 is 12.1 Å². The third kappa shape index (κ3) is 20.0. The van der Waals surface area contributed by atoms with Gasteiger partial charge in [0.25, 0.3) is 0 Å². The number of ether oxygens (including phenoxy) is 2. The number of carbonyl (C=O) groups excluding carboxylic acids is 6. The maximum absolute atomic E-state index is 12.3. The summed E-state index contributed by atoms with van der Waals surface area (Å²) in [5.74, 6) is -2.61. The molecule has 0 aliphatic heterocycles. The van der Waals surface area contributed by atoms with Crippen LogP contribution in [-0.2, 0) is 38.2 Å². The van der Waals surface area contributed by atoms with Crippen LogP contribution in [0, 0.1) is 0 Å². The molecule has 8 N–H and O–H groups in total. The van der Waals surface area contributed by atoms with Gasteiger partial charge in [0.2, 0.25) is 23.6 Å². The lowest BCUT2D eigenvalue weighted by Gasteiger charge is -2.21. The first-order chi connectivity index (χ1) is 21.1. The molecular formula is C26H44N6O10S2. The highest BCUT2D eigenvalue weighted by molar-refractivity contribution is 8.76. The molecule has 0 aromatic rings. The van der Waals surface area contributed by atoms with Crippen molar-refractivity contribution in [3.8, 4) is 0 Å². The van der Waals surface area contributed by atoms with Gasteiger partial charge in [-0.1, -0.05) is 40.9 Å². The predicted molar refractivity (Wildman–Crippen MR) is 164 cm³/mol. The van der Waals surface area contributed by atoms with Gasteiger partial charge in [0, 0.05) is 37.4 Å². The number of rotatable bonds is 23. The van der Waals surface area contributed by atoms with E-state index >= 15 is 0 Å². The molecule has 250 valence electrons. The Hall–Kier alpha value is -3.09. The molecule has 1 saturated carbocycles. The average Bonchev–Trinajstić information content (AvgIpc) is 3.01. The number of amides is 5. The molecule has 5 amide bonds. The van der Waals surface area contributed by atoms with Gasteiger partial charge in [-0.15, -0.1) is 0 Å².